The van der Waals surface area contributed by atoms with Crippen LogP contribution < -0.4 is 18.9 Å². The average molecular weight is 535 g/mol. The molecule has 0 aliphatic heterocycles. The fourth-order valence-electron chi connectivity index (χ4n) is 4.50. The van der Waals surface area contributed by atoms with Crippen LogP contribution in [0.2, 0.25) is 0 Å². The Kier molecular flexibility index (Phi) is 10.6. The second kappa shape index (κ2) is 14.7. The van der Waals surface area contributed by atoms with Crippen molar-refractivity contribution < 1.29 is 9.13 Å². The summed E-state index contributed by atoms with van der Waals surface area (Å²) in [5, 5.41) is 8.99. The average Bonchev–Trinajstić information content (AvgIpc) is 2.98. The van der Waals surface area contributed by atoms with E-state index in [0.29, 0.717) is 0 Å². The summed E-state index contributed by atoms with van der Waals surface area (Å²) in [6.45, 7) is 1.96. The third-order valence-corrected chi connectivity index (χ3v) is 6.93. The molecular formula is C34H42N6+2. The van der Waals surface area contributed by atoms with Gasteiger partial charge >= 0.3 is 5.82 Å². The zero-order valence-electron chi connectivity index (χ0n) is 24.3. The van der Waals surface area contributed by atoms with Crippen LogP contribution in [0.1, 0.15) is 36.9 Å². The molecule has 0 bridgehead atoms. The van der Waals surface area contributed by atoms with E-state index in [9.17, 15) is 0 Å². The number of rotatable bonds is 13. The fraction of sp³-hybridized carbons (Fsp3) is 0.294. The number of nitrogens with zero attached hydrogens (tertiary/aromatic N) is 6. The standard InChI is InChI=1S/C34H42N6/c1-37(2)31-20-15-29(16-21-31)17-22-33-13-7-11-26-39(33)25-9-5-6-10-27-40-28-12-8-14-34(40)36-35-30-18-23-32(24-19-30)38(3)4/h7-8,11-24,26,28H,5-6,9-10,25,27H2,1-4H3/q+2. The summed E-state index contributed by atoms with van der Waals surface area (Å²) in [6, 6.07) is 29.3. The zero-order valence-corrected chi connectivity index (χ0v) is 24.3. The molecule has 0 aliphatic rings. The number of anilines is 2. The smallest absolute Gasteiger partial charge is 0.350 e. The molecule has 0 unspecified atom stereocenters. The van der Waals surface area contributed by atoms with E-state index in [2.05, 4.69) is 128 Å². The highest BCUT2D eigenvalue weighted by molar-refractivity contribution is 5.68. The van der Waals surface area contributed by atoms with Gasteiger partial charge in [0.25, 0.3) is 0 Å². The number of aromatic nitrogens is 2. The molecule has 0 atom stereocenters. The molecule has 40 heavy (non-hydrogen) atoms. The van der Waals surface area contributed by atoms with Gasteiger partial charge in [-0.1, -0.05) is 18.2 Å². The van der Waals surface area contributed by atoms with Crippen molar-refractivity contribution in [2.75, 3.05) is 38.0 Å². The lowest BCUT2D eigenvalue weighted by molar-refractivity contribution is -0.699. The summed E-state index contributed by atoms with van der Waals surface area (Å²) < 4.78 is 4.54. The van der Waals surface area contributed by atoms with Gasteiger partial charge in [0.2, 0.25) is 5.69 Å². The lowest BCUT2D eigenvalue weighted by Gasteiger charge is -2.11. The van der Waals surface area contributed by atoms with E-state index in [0.717, 1.165) is 43.1 Å². The van der Waals surface area contributed by atoms with Crippen molar-refractivity contribution in [1.29, 1.82) is 0 Å². The number of hydrogen-bond donors (Lipinski definition) is 0. The van der Waals surface area contributed by atoms with Crippen LogP contribution in [0.4, 0.5) is 22.9 Å². The van der Waals surface area contributed by atoms with Gasteiger partial charge in [-0.25, -0.2) is 4.57 Å². The van der Waals surface area contributed by atoms with Crippen molar-refractivity contribution in [3.63, 3.8) is 0 Å². The maximum atomic E-state index is 4.53. The molecule has 0 amide bonds. The highest BCUT2D eigenvalue weighted by Crippen LogP contribution is 2.20. The topological polar surface area (TPSA) is 39.0 Å². The van der Waals surface area contributed by atoms with Crippen LogP contribution in [0.3, 0.4) is 0 Å². The summed E-state index contributed by atoms with van der Waals surface area (Å²) >= 11 is 0. The molecule has 2 aromatic carbocycles. The number of pyridine rings is 2. The molecule has 0 radical (unpaired) electrons. The number of aryl methyl sites for hydroxylation is 2. The van der Waals surface area contributed by atoms with Gasteiger partial charge in [-0.15, -0.1) is 0 Å². The van der Waals surface area contributed by atoms with Crippen LogP contribution in [-0.4, -0.2) is 28.2 Å². The van der Waals surface area contributed by atoms with Crippen LogP contribution in [0.25, 0.3) is 12.2 Å². The fourth-order valence-corrected chi connectivity index (χ4v) is 4.50. The molecule has 0 saturated heterocycles. The summed E-state index contributed by atoms with van der Waals surface area (Å²) in [5.41, 5.74) is 5.66. The first kappa shape index (κ1) is 28.7. The first-order chi connectivity index (χ1) is 19.5. The van der Waals surface area contributed by atoms with Crippen molar-refractivity contribution in [3.8, 4) is 0 Å². The van der Waals surface area contributed by atoms with Gasteiger partial charge in [0, 0.05) is 70.3 Å². The van der Waals surface area contributed by atoms with E-state index in [1.807, 2.05) is 38.4 Å². The van der Waals surface area contributed by atoms with Gasteiger partial charge in [-0.3, -0.25) is 0 Å². The Morgan fingerprint density at radius 3 is 1.80 bits per heavy atom. The summed E-state index contributed by atoms with van der Waals surface area (Å²) in [6.07, 6.45) is 13.3. The van der Waals surface area contributed by atoms with E-state index in [1.165, 1.54) is 29.8 Å². The molecule has 0 saturated carbocycles. The lowest BCUT2D eigenvalue weighted by atomic mass is 10.1. The molecular weight excluding hydrogens is 492 g/mol. The Hall–Kier alpha value is -4.32. The molecule has 6 nitrogen and oxygen atoms in total. The number of unbranched alkanes of at least 4 members (excludes halogenated alkanes) is 3. The second-order valence-corrected chi connectivity index (χ2v) is 10.4. The maximum Gasteiger partial charge on any atom is 0.350 e. The van der Waals surface area contributed by atoms with E-state index < -0.39 is 0 Å². The summed E-state index contributed by atoms with van der Waals surface area (Å²) in [7, 11) is 8.20. The Morgan fingerprint density at radius 1 is 0.575 bits per heavy atom. The third kappa shape index (κ3) is 8.60. The predicted octanol–water partition coefficient (Wildman–Crippen LogP) is 7.24. The minimum atomic E-state index is 0.857. The Labute approximate surface area is 239 Å². The van der Waals surface area contributed by atoms with E-state index in [4.69, 9.17) is 0 Å². The Morgan fingerprint density at radius 2 is 1.15 bits per heavy atom. The van der Waals surface area contributed by atoms with E-state index in [-0.39, 0.29) is 0 Å². The van der Waals surface area contributed by atoms with Crippen LogP contribution >= 0.6 is 0 Å². The summed E-state index contributed by atoms with van der Waals surface area (Å²) in [4.78, 5) is 4.20. The van der Waals surface area contributed by atoms with E-state index >= 15 is 0 Å². The lowest BCUT2D eigenvalue weighted by Crippen LogP contribution is -2.36. The number of benzene rings is 2. The third-order valence-electron chi connectivity index (χ3n) is 6.93. The minimum absolute atomic E-state index is 0.857. The molecule has 2 heterocycles. The van der Waals surface area contributed by atoms with E-state index in [1.54, 1.807) is 0 Å². The maximum absolute atomic E-state index is 4.53. The van der Waals surface area contributed by atoms with Gasteiger partial charge in [0.15, 0.2) is 6.20 Å². The van der Waals surface area contributed by atoms with Crippen LogP contribution in [0.5, 0.6) is 0 Å². The monoisotopic (exact) mass is 534 g/mol. The highest BCUT2D eigenvalue weighted by atomic mass is 15.2. The molecule has 6 heteroatoms. The minimum Gasteiger partial charge on any atom is -0.378 e. The SMILES string of the molecule is CN(C)c1ccc(C=Cc2cccc[n+]2CCCCCC[n+]2ccccc2N=Nc2ccc(N(C)C)cc2)cc1. The molecule has 0 spiro atoms. The number of azo groups is 1. The highest BCUT2D eigenvalue weighted by Gasteiger charge is 2.10. The first-order valence-electron chi connectivity index (χ1n) is 14.1. The predicted molar refractivity (Wildman–Crippen MR) is 166 cm³/mol. The van der Waals surface area contributed by atoms with Gasteiger partial charge in [0.05, 0.1) is 17.9 Å². The van der Waals surface area contributed by atoms with Gasteiger partial charge in [-0.2, -0.15) is 4.57 Å². The van der Waals surface area contributed by atoms with Crippen molar-refractivity contribution in [1.82, 2.24) is 0 Å². The zero-order chi connectivity index (χ0) is 28.2. The largest absolute Gasteiger partial charge is 0.378 e. The quantitative estimate of drug-likeness (QED) is 0.103. The van der Waals surface area contributed by atoms with Crippen molar-refractivity contribution in [2.24, 2.45) is 10.2 Å². The Bertz CT molecular complexity index is 1280. The van der Waals surface area contributed by atoms with Gasteiger partial charge < -0.3 is 9.80 Å². The molecule has 206 valence electrons. The van der Waals surface area contributed by atoms with Crippen molar-refractivity contribution in [2.45, 2.75) is 38.8 Å². The van der Waals surface area contributed by atoms with Crippen LogP contribution in [-0.2, 0) is 13.1 Å². The first-order valence-corrected chi connectivity index (χ1v) is 14.1. The molecule has 0 aliphatic carbocycles. The Balaban J connectivity index is 1.24. The van der Waals surface area contributed by atoms with Crippen LogP contribution in [0.15, 0.2) is 108 Å². The second-order valence-electron chi connectivity index (χ2n) is 10.4. The number of hydrogen-bond acceptors (Lipinski definition) is 4. The van der Waals surface area contributed by atoms with Crippen LogP contribution in [0, 0.1) is 0 Å². The molecule has 4 aromatic rings. The normalized spacial score (nSPS) is 11.4. The van der Waals surface area contributed by atoms with Gasteiger partial charge in [0.1, 0.15) is 12.2 Å². The molecule has 0 N–H and O–H groups in total. The van der Waals surface area contributed by atoms with Crippen molar-refractivity contribution in [3.05, 3.63) is 109 Å². The van der Waals surface area contributed by atoms with Crippen molar-refractivity contribution >= 4 is 35.0 Å². The molecule has 4 rings (SSSR count). The molecule has 2 aromatic heterocycles. The molecule has 0 fully saturated rings. The van der Waals surface area contributed by atoms with Gasteiger partial charge in [-0.05, 0) is 84.5 Å². The summed E-state index contributed by atoms with van der Waals surface area (Å²) in [5.74, 6) is 0.881.